The fourth-order valence-electron chi connectivity index (χ4n) is 3.39. The molecule has 0 radical (unpaired) electrons. The van der Waals surface area contributed by atoms with E-state index in [1.54, 1.807) is 0 Å². The molecule has 1 saturated carbocycles. The van der Waals surface area contributed by atoms with Gasteiger partial charge in [0.25, 0.3) is 0 Å². The molecule has 20 heavy (non-hydrogen) atoms. The Morgan fingerprint density at radius 2 is 1.55 bits per heavy atom. The molecule has 0 spiro atoms. The molecule has 1 fully saturated rings. The molecule has 0 amide bonds. The van der Waals surface area contributed by atoms with Crippen LogP contribution >= 0.6 is 0 Å². The van der Waals surface area contributed by atoms with Crippen LogP contribution in [-0.4, -0.2) is 0 Å². The van der Waals surface area contributed by atoms with Gasteiger partial charge in [-0.15, -0.1) is 0 Å². The standard InChI is InChI=1S/C16H14F4/c1-8-13(17)12(15(19)16(20)14(8)18)11-7-6-9-4-2-3-5-10(9)11/h2-5,9-11H,6-7H2,1H3. The van der Waals surface area contributed by atoms with Crippen molar-refractivity contribution >= 4 is 0 Å². The minimum atomic E-state index is -1.57. The minimum absolute atomic E-state index is 0.0479. The normalized spacial score (nSPS) is 27.9. The Hall–Kier alpha value is -1.58. The summed E-state index contributed by atoms with van der Waals surface area (Å²) in [5.41, 5.74) is -0.744. The number of hydrogen-bond acceptors (Lipinski definition) is 0. The van der Waals surface area contributed by atoms with Crippen LogP contribution < -0.4 is 0 Å². The number of allylic oxidation sites excluding steroid dienone is 4. The maximum Gasteiger partial charge on any atom is 0.195 e. The highest BCUT2D eigenvalue weighted by Gasteiger charge is 2.39. The summed E-state index contributed by atoms with van der Waals surface area (Å²) in [6.45, 7) is 1.14. The van der Waals surface area contributed by atoms with E-state index in [1.807, 2.05) is 24.3 Å². The molecule has 0 heterocycles. The van der Waals surface area contributed by atoms with E-state index in [4.69, 9.17) is 0 Å². The second-order valence-electron chi connectivity index (χ2n) is 5.49. The molecular weight excluding hydrogens is 268 g/mol. The van der Waals surface area contributed by atoms with Crippen molar-refractivity contribution in [2.45, 2.75) is 25.7 Å². The van der Waals surface area contributed by atoms with Gasteiger partial charge in [0.1, 0.15) is 5.82 Å². The number of hydrogen-bond donors (Lipinski definition) is 0. The van der Waals surface area contributed by atoms with E-state index < -0.39 is 34.8 Å². The summed E-state index contributed by atoms with van der Waals surface area (Å²) in [6.07, 6.45) is 9.02. The highest BCUT2D eigenvalue weighted by molar-refractivity contribution is 5.35. The van der Waals surface area contributed by atoms with Crippen molar-refractivity contribution in [3.63, 3.8) is 0 Å². The first-order valence-electron chi connectivity index (χ1n) is 6.69. The predicted octanol–water partition coefficient (Wildman–Crippen LogP) is 4.79. The van der Waals surface area contributed by atoms with Gasteiger partial charge >= 0.3 is 0 Å². The van der Waals surface area contributed by atoms with Crippen LogP contribution in [-0.2, 0) is 0 Å². The van der Waals surface area contributed by atoms with Crippen LogP contribution in [0.2, 0.25) is 0 Å². The molecule has 3 atom stereocenters. The van der Waals surface area contributed by atoms with Crippen molar-refractivity contribution in [3.8, 4) is 0 Å². The van der Waals surface area contributed by atoms with E-state index in [0.717, 1.165) is 13.3 Å². The molecule has 0 aliphatic heterocycles. The monoisotopic (exact) mass is 282 g/mol. The van der Waals surface area contributed by atoms with Crippen LogP contribution in [0.25, 0.3) is 0 Å². The van der Waals surface area contributed by atoms with Gasteiger partial charge in [0.15, 0.2) is 17.5 Å². The molecule has 0 bridgehead atoms. The van der Waals surface area contributed by atoms with Crippen LogP contribution in [0.15, 0.2) is 24.3 Å². The molecule has 0 nitrogen and oxygen atoms in total. The van der Waals surface area contributed by atoms with Crippen LogP contribution in [0.3, 0.4) is 0 Å². The van der Waals surface area contributed by atoms with Gasteiger partial charge in [-0.3, -0.25) is 0 Å². The molecule has 0 saturated heterocycles. The van der Waals surface area contributed by atoms with Gasteiger partial charge in [-0.2, -0.15) is 0 Å². The largest absolute Gasteiger partial charge is 0.206 e. The Balaban J connectivity index is 2.12. The lowest BCUT2D eigenvalue weighted by Gasteiger charge is -2.23. The molecule has 106 valence electrons. The van der Waals surface area contributed by atoms with E-state index in [2.05, 4.69) is 0 Å². The lowest BCUT2D eigenvalue weighted by atomic mass is 9.81. The highest BCUT2D eigenvalue weighted by atomic mass is 19.2. The van der Waals surface area contributed by atoms with Crippen molar-refractivity contribution in [2.75, 3.05) is 0 Å². The lowest BCUT2D eigenvalue weighted by molar-refractivity contribution is 0.398. The van der Waals surface area contributed by atoms with Crippen LogP contribution in [0.4, 0.5) is 17.6 Å². The highest BCUT2D eigenvalue weighted by Crippen LogP contribution is 2.48. The minimum Gasteiger partial charge on any atom is -0.206 e. The number of rotatable bonds is 1. The summed E-state index contributed by atoms with van der Waals surface area (Å²) in [5.74, 6) is -5.59. The van der Waals surface area contributed by atoms with Crippen molar-refractivity contribution in [1.29, 1.82) is 0 Å². The zero-order valence-electron chi connectivity index (χ0n) is 11.0. The summed E-state index contributed by atoms with van der Waals surface area (Å²) in [6, 6.07) is 0. The molecular formula is C16H14F4. The average molecular weight is 282 g/mol. The van der Waals surface area contributed by atoms with E-state index in [9.17, 15) is 17.6 Å². The van der Waals surface area contributed by atoms with E-state index in [-0.39, 0.29) is 17.4 Å². The molecule has 3 unspecified atom stereocenters. The quantitative estimate of drug-likeness (QED) is 0.395. The topological polar surface area (TPSA) is 0 Å². The maximum atomic E-state index is 14.2. The summed E-state index contributed by atoms with van der Waals surface area (Å²) in [5, 5.41) is 0. The maximum absolute atomic E-state index is 14.2. The Morgan fingerprint density at radius 1 is 0.850 bits per heavy atom. The second kappa shape index (κ2) is 4.76. The second-order valence-corrected chi connectivity index (χ2v) is 5.49. The van der Waals surface area contributed by atoms with Crippen LogP contribution in [0, 0.1) is 42.0 Å². The van der Waals surface area contributed by atoms with Crippen LogP contribution in [0.1, 0.15) is 29.9 Å². The van der Waals surface area contributed by atoms with E-state index in [1.165, 1.54) is 0 Å². The Labute approximate surface area is 114 Å². The summed E-state index contributed by atoms with van der Waals surface area (Å²) >= 11 is 0. The third kappa shape index (κ3) is 1.81. The summed E-state index contributed by atoms with van der Waals surface area (Å²) in [7, 11) is 0. The molecule has 2 aliphatic rings. The number of fused-ring (bicyclic) bond motifs is 1. The number of halogens is 4. The van der Waals surface area contributed by atoms with Crippen molar-refractivity contribution < 1.29 is 17.6 Å². The SMILES string of the molecule is Cc1c(F)c(F)c(F)c(C2CCC3C=CC=CC32)c1F. The predicted molar refractivity (Wildman–Crippen MR) is 68.2 cm³/mol. The third-order valence-corrected chi connectivity index (χ3v) is 4.46. The first-order chi connectivity index (χ1) is 9.52. The van der Waals surface area contributed by atoms with Gasteiger partial charge in [-0.05, 0) is 37.5 Å². The van der Waals surface area contributed by atoms with Gasteiger partial charge in [0.2, 0.25) is 0 Å². The molecule has 0 N–H and O–H groups in total. The molecule has 2 aliphatic carbocycles. The number of benzene rings is 1. The van der Waals surface area contributed by atoms with Crippen molar-refractivity contribution in [3.05, 3.63) is 58.7 Å². The Morgan fingerprint density at radius 3 is 2.30 bits per heavy atom. The first kappa shape index (κ1) is 13.4. The molecule has 4 heteroatoms. The van der Waals surface area contributed by atoms with Crippen molar-refractivity contribution in [2.24, 2.45) is 11.8 Å². The lowest BCUT2D eigenvalue weighted by Crippen LogP contribution is -2.16. The third-order valence-electron chi connectivity index (χ3n) is 4.46. The Kier molecular flexibility index (Phi) is 3.19. The fourth-order valence-corrected chi connectivity index (χ4v) is 3.39. The fraction of sp³-hybridized carbons (Fsp3) is 0.375. The first-order valence-corrected chi connectivity index (χ1v) is 6.69. The summed E-state index contributed by atoms with van der Waals surface area (Å²) < 4.78 is 55.2. The van der Waals surface area contributed by atoms with Crippen LogP contribution in [0.5, 0.6) is 0 Å². The van der Waals surface area contributed by atoms with Crippen molar-refractivity contribution in [1.82, 2.24) is 0 Å². The molecule has 1 aromatic carbocycles. The van der Waals surface area contributed by atoms with Gasteiger partial charge < -0.3 is 0 Å². The average Bonchev–Trinajstić information content (AvgIpc) is 2.87. The zero-order chi connectivity index (χ0) is 14.4. The van der Waals surface area contributed by atoms with E-state index in [0.29, 0.717) is 6.42 Å². The summed E-state index contributed by atoms with van der Waals surface area (Å²) in [4.78, 5) is 0. The molecule has 1 aromatic rings. The van der Waals surface area contributed by atoms with Gasteiger partial charge in [0, 0.05) is 11.1 Å². The van der Waals surface area contributed by atoms with E-state index >= 15 is 0 Å². The molecule has 0 aromatic heterocycles. The smallest absolute Gasteiger partial charge is 0.195 e. The van der Waals surface area contributed by atoms with Gasteiger partial charge in [-0.1, -0.05) is 24.3 Å². The molecule has 3 rings (SSSR count). The zero-order valence-corrected chi connectivity index (χ0v) is 11.0. The van der Waals surface area contributed by atoms with Gasteiger partial charge in [-0.25, -0.2) is 17.6 Å². The Bertz CT molecular complexity index is 586. The van der Waals surface area contributed by atoms with Gasteiger partial charge in [0.05, 0.1) is 0 Å².